The molecule has 5 nitrogen and oxygen atoms in total. The van der Waals surface area contributed by atoms with E-state index in [1.807, 2.05) is 19.1 Å². The molecule has 1 aromatic heterocycles. The maximum absolute atomic E-state index is 11.7. The number of hydrogen-bond donors (Lipinski definition) is 1. The molecule has 1 N–H and O–H groups in total. The number of aromatic amines is 1. The Kier molecular flexibility index (Phi) is 4.62. The van der Waals surface area contributed by atoms with Gasteiger partial charge in [-0.15, -0.1) is 0 Å². The van der Waals surface area contributed by atoms with Crippen molar-refractivity contribution in [2.45, 2.75) is 21.6 Å². The van der Waals surface area contributed by atoms with E-state index >= 15 is 0 Å². The van der Waals surface area contributed by atoms with Gasteiger partial charge in [0.05, 0.1) is 17.6 Å². The topological polar surface area (TPSA) is 76.2 Å². The van der Waals surface area contributed by atoms with Gasteiger partial charge in [-0.25, -0.2) is 13.2 Å². The fourth-order valence-corrected chi connectivity index (χ4v) is 4.28. The molecule has 0 spiro atoms. The molecule has 3 aromatic rings. The summed E-state index contributed by atoms with van der Waals surface area (Å²) in [6.45, 7) is 1.94. The molecule has 0 aliphatic rings. The third-order valence-corrected chi connectivity index (χ3v) is 6.13. The van der Waals surface area contributed by atoms with E-state index in [0.29, 0.717) is 5.56 Å². The molecule has 0 unspecified atom stereocenters. The van der Waals surface area contributed by atoms with E-state index in [0.717, 1.165) is 26.4 Å². The molecule has 0 radical (unpaired) electrons. The predicted octanol–water partition coefficient (Wildman–Crippen LogP) is 3.82. The van der Waals surface area contributed by atoms with Crippen LogP contribution >= 0.6 is 11.8 Å². The lowest BCUT2D eigenvalue weighted by Crippen LogP contribution is -2.00. The Morgan fingerprint density at radius 2 is 1.92 bits per heavy atom. The first kappa shape index (κ1) is 17.6. The van der Waals surface area contributed by atoms with E-state index in [-0.39, 0.29) is 10.9 Å². The number of H-pyrrole nitrogens is 1. The van der Waals surface area contributed by atoms with Crippen molar-refractivity contribution in [3.05, 3.63) is 53.7 Å². The van der Waals surface area contributed by atoms with Crippen molar-refractivity contribution in [3.8, 4) is 0 Å². The number of aryl methyl sites for hydroxylation is 1. The number of rotatable bonds is 4. The minimum absolute atomic E-state index is 0.283. The summed E-state index contributed by atoms with van der Waals surface area (Å²) in [5.41, 5.74) is 2.20. The zero-order chi connectivity index (χ0) is 18.2. The van der Waals surface area contributed by atoms with Gasteiger partial charge >= 0.3 is 5.97 Å². The normalized spacial score (nSPS) is 11.6. The maximum Gasteiger partial charge on any atom is 0.337 e. The SMILES string of the molecule is COC(=O)c1cccc(Sc2c(C)[nH]c3cc(S(C)(=O)=O)ccc23)c1. The minimum Gasteiger partial charge on any atom is -0.465 e. The fraction of sp³-hybridized carbons (Fsp3) is 0.167. The van der Waals surface area contributed by atoms with Crippen LogP contribution < -0.4 is 0 Å². The lowest BCUT2D eigenvalue weighted by molar-refractivity contribution is 0.0600. The van der Waals surface area contributed by atoms with Crippen LogP contribution in [0, 0.1) is 6.92 Å². The zero-order valence-corrected chi connectivity index (χ0v) is 15.6. The van der Waals surface area contributed by atoms with Crippen LogP contribution in [0.15, 0.2) is 57.2 Å². The van der Waals surface area contributed by atoms with E-state index in [1.165, 1.54) is 25.1 Å². The van der Waals surface area contributed by atoms with Crippen LogP contribution in [-0.2, 0) is 14.6 Å². The highest BCUT2D eigenvalue weighted by molar-refractivity contribution is 7.99. The van der Waals surface area contributed by atoms with Crippen LogP contribution in [0.1, 0.15) is 16.1 Å². The average molecular weight is 375 g/mol. The van der Waals surface area contributed by atoms with Crippen molar-refractivity contribution in [2.24, 2.45) is 0 Å². The van der Waals surface area contributed by atoms with Gasteiger partial charge in [-0.1, -0.05) is 23.9 Å². The number of aromatic nitrogens is 1. The highest BCUT2D eigenvalue weighted by Crippen LogP contribution is 2.37. The second kappa shape index (κ2) is 6.57. The number of esters is 1. The minimum atomic E-state index is -3.25. The first-order valence-electron chi connectivity index (χ1n) is 7.48. The Labute approximate surface area is 150 Å². The zero-order valence-electron chi connectivity index (χ0n) is 14.0. The highest BCUT2D eigenvalue weighted by Gasteiger charge is 2.14. The maximum atomic E-state index is 11.7. The number of nitrogens with one attached hydrogen (secondary N) is 1. The van der Waals surface area contributed by atoms with Gasteiger partial charge in [0, 0.05) is 32.6 Å². The number of benzene rings is 2. The number of carbonyl (C=O) groups is 1. The third kappa shape index (κ3) is 3.57. The molecule has 3 rings (SSSR count). The number of fused-ring (bicyclic) bond motifs is 1. The summed E-state index contributed by atoms with van der Waals surface area (Å²) in [7, 11) is -1.90. The summed E-state index contributed by atoms with van der Waals surface area (Å²) in [6, 6.07) is 12.3. The van der Waals surface area contributed by atoms with Gasteiger partial charge in [-0.05, 0) is 37.3 Å². The summed E-state index contributed by atoms with van der Waals surface area (Å²) in [5, 5.41) is 0.943. The molecule has 0 saturated carbocycles. The monoisotopic (exact) mass is 375 g/mol. The number of hydrogen-bond acceptors (Lipinski definition) is 5. The van der Waals surface area contributed by atoms with Crippen molar-refractivity contribution >= 4 is 38.5 Å². The predicted molar refractivity (Wildman–Crippen MR) is 98.1 cm³/mol. The van der Waals surface area contributed by atoms with Gasteiger partial charge in [0.25, 0.3) is 0 Å². The molecule has 1 heterocycles. The number of sulfone groups is 1. The van der Waals surface area contributed by atoms with Crippen LogP contribution in [-0.4, -0.2) is 32.7 Å². The highest BCUT2D eigenvalue weighted by atomic mass is 32.2. The lowest BCUT2D eigenvalue weighted by Gasteiger charge is -2.05. The van der Waals surface area contributed by atoms with Gasteiger partial charge in [0.15, 0.2) is 9.84 Å². The molecule has 0 aliphatic heterocycles. The number of ether oxygens (including phenoxy) is 1. The Hall–Kier alpha value is -2.25. The molecule has 0 amide bonds. The van der Waals surface area contributed by atoms with Crippen molar-refractivity contribution in [1.29, 1.82) is 0 Å². The number of methoxy groups -OCH3 is 1. The Balaban J connectivity index is 2.02. The molecule has 0 aliphatic carbocycles. The Bertz CT molecular complexity index is 1070. The lowest BCUT2D eigenvalue weighted by atomic mass is 10.2. The van der Waals surface area contributed by atoms with Crippen molar-refractivity contribution in [1.82, 2.24) is 4.98 Å². The van der Waals surface area contributed by atoms with Crippen molar-refractivity contribution in [2.75, 3.05) is 13.4 Å². The molecule has 0 saturated heterocycles. The molecule has 0 fully saturated rings. The largest absolute Gasteiger partial charge is 0.465 e. The summed E-state index contributed by atoms with van der Waals surface area (Å²) < 4.78 is 28.2. The first-order chi connectivity index (χ1) is 11.8. The molecule has 25 heavy (non-hydrogen) atoms. The molecule has 7 heteroatoms. The molecule has 2 aromatic carbocycles. The van der Waals surface area contributed by atoms with E-state index in [1.54, 1.807) is 30.3 Å². The molecule has 130 valence electrons. The Morgan fingerprint density at radius 3 is 2.60 bits per heavy atom. The second-order valence-corrected chi connectivity index (χ2v) is 8.78. The van der Waals surface area contributed by atoms with Gasteiger partial charge in [0.2, 0.25) is 0 Å². The van der Waals surface area contributed by atoms with Gasteiger partial charge in [0.1, 0.15) is 0 Å². The van der Waals surface area contributed by atoms with Gasteiger partial charge < -0.3 is 9.72 Å². The summed E-state index contributed by atoms with van der Waals surface area (Å²) >= 11 is 1.52. The fourth-order valence-electron chi connectivity index (χ4n) is 2.57. The quantitative estimate of drug-likeness (QED) is 0.702. The van der Waals surface area contributed by atoms with Crippen LogP contribution in [0.25, 0.3) is 10.9 Å². The average Bonchev–Trinajstić information content (AvgIpc) is 2.88. The molecular formula is C18H17NO4S2. The second-order valence-electron chi connectivity index (χ2n) is 5.68. The summed E-state index contributed by atoms with van der Waals surface area (Å²) in [6.07, 6.45) is 1.19. The van der Waals surface area contributed by atoms with Crippen LogP contribution in [0.5, 0.6) is 0 Å². The van der Waals surface area contributed by atoms with E-state index in [2.05, 4.69) is 4.98 Å². The summed E-state index contributed by atoms with van der Waals surface area (Å²) in [4.78, 5) is 17.1. The Morgan fingerprint density at radius 1 is 1.16 bits per heavy atom. The third-order valence-electron chi connectivity index (χ3n) is 3.80. The van der Waals surface area contributed by atoms with E-state index < -0.39 is 9.84 Å². The standard InChI is InChI=1S/C18H17NO4S2/c1-11-17(24-13-6-4-5-12(9-13)18(20)23-2)15-8-7-14(25(3,21)22)10-16(15)19-11/h4-10,19H,1-3H3. The molecule has 0 bridgehead atoms. The smallest absolute Gasteiger partial charge is 0.337 e. The molecular weight excluding hydrogens is 358 g/mol. The first-order valence-corrected chi connectivity index (χ1v) is 10.2. The van der Waals surface area contributed by atoms with Crippen molar-refractivity contribution < 1.29 is 17.9 Å². The number of carbonyl (C=O) groups excluding carboxylic acids is 1. The van der Waals surface area contributed by atoms with Gasteiger partial charge in [-0.2, -0.15) is 0 Å². The van der Waals surface area contributed by atoms with E-state index in [9.17, 15) is 13.2 Å². The van der Waals surface area contributed by atoms with Crippen LogP contribution in [0.4, 0.5) is 0 Å². The molecule has 0 atom stereocenters. The van der Waals surface area contributed by atoms with Gasteiger partial charge in [-0.3, -0.25) is 0 Å². The summed E-state index contributed by atoms with van der Waals surface area (Å²) in [5.74, 6) is -0.379. The van der Waals surface area contributed by atoms with E-state index in [4.69, 9.17) is 4.74 Å². The van der Waals surface area contributed by atoms with Crippen LogP contribution in [0.3, 0.4) is 0 Å². The van der Waals surface area contributed by atoms with Crippen LogP contribution in [0.2, 0.25) is 0 Å². The van der Waals surface area contributed by atoms with Crippen molar-refractivity contribution in [3.63, 3.8) is 0 Å².